The maximum Gasteiger partial charge on any atom is 0.341 e. The summed E-state index contributed by atoms with van der Waals surface area (Å²) in [4.78, 5) is 11.8. The molecule has 1 saturated heterocycles. The van der Waals surface area contributed by atoms with Crippen LogP contribution in [0.3, 0.4) is 0 Å². The van der Waals surface area contributed by atoms with Gasteiger partial charge in [-0.1, -0.05) is 30.3 Å². The van der Waals surface area contributed by atoms with Crippen molar-refractivity contribution in [3.05, 3.63) is 35.9 Å². The van der Waals surface area contributed by atoms with E-state index in [4.69, 9.17) is 9.47 Å². The smallest absolute Gasteiger partial charge is 0.341 e. The third-order valence-corrected chi connectivity index (χ3v) is 3.27. The van der Waals surface area contributed by atoms with Gasteiger partial charge in [-0.3, -0.25) is 0 Å². The maximum absolute atomic E-state index is 11.8. The fraction of sp³-hybridized carbons (Fsp3) is 0.462. The lowest BCUT2D eigenvalue weighted by Crippen LogP contribution is -2.30. The van der Waals surface area contributed by atoms with Gasteiger partial charge >= 0.3 is 5.97 Å². The number of ether oxygens (including phenoxy) is 2. The second-order valence-electron chi connectivity index (χ2n) is 4.26. The van der Waals surface area contributed by atoms with E-state index >= 15 is 0 Å². The van der Waals surface area contributed by atoms with Gasteiger partial charge < -0.3 is 9.47 Å². The van der Waals surface area contributed by atoms with Crippen molar-refractivity contribution in [3.8, 4) is 0 Å². The van der Waals surface area contributed by atoms with Gasteiger partial charge in [0.05, 0.1) is 6.61 Å². The van der Waals surface area contributed by atoms with Gasteiger partial charge in [0.25, 0.3) is 0 Å². The Kier molecular flexibility index (Phi) is 2.50. The average molecular weight is 220 g/mol. The molecule has 0 saturated carbocycles. The van der Waals surface area contributed by atoms with Gasteiger partial charge in [0, 0.05) is 0 Å². The number of hydrogen-bond acceptors (Lipinski definition) is 3. The normalized spacial score (nSPS) is 32.2. The number of carbonyl (C=O) groups excluding carboxylic acids is 1. The van der Waals surface area contributed by atoms with Crippen LogP contribution in [0.15, 0.2) is 30.3 Å². The molecule has 0 spiro atoms. The molecule has 0 unspecified atom stereocenters. The number of esters is 1. The minimum atomic E-state index is -0.843. The molecule has 0 bridgehead atoms. The second-order valence-corrected chi connectivity index (χ2v) is 4.26. The molecule has 1 aromatic rings. The monoisotopic (exact) mass is 220 g/mol. The van der Waals surface area contributed by atoms with Crippen molar-refractivity contribution in [2.75, 3.05) is 6.61 Å². The molecule has 1 fully saturated rings. The number of benzene rings is 1. The van der Waals surface area contributed by atoms with Crippen LogP contribution in [0.2, 0.25) is 0 Å². The average Bonchev–Trinajstić information content (AvgIpc) is 2.87. The van der Waals surface area contributed by atoms with Crippen LogP contribution in [-0.2, 0) is 19.9 Å². The molecule has 0 N–H and O–H groups in total. The summed E-state index contributed by atoms with van der Waals surface area (Å²) in [5.74, 6) is -0.290. The van der Waals surface area contributed by atoms with Gasteiger partial charge in [0.15, 0.2) is 5.60 Å². The van der Waals surface area contributed by atoms with Crippen molar-refractivity contribution in [2.24, 2.45) is 0 Å². The first-order valence-electron chi connectivity index (χ1n) is 5.47. The summed E-state index contributed by atoms with van der Waals surface area (Å²) in [7, 11) is 0. The number of hydrogen-bond donors (Lipinski definition) is 0. The van der Waals surface area contributed by atoms with Gasteiger partial charge in [-0.2, -0.15) is 0 Å². The summed E-state index contributed by atoms with van der Waals surface area (Å²) in [5.41, 5.74) is -0.393. The minimum absolute atomic E-state index is 0.290. The lowest BCUT2D eigenvalue weighted by Gasteiger charge is -2.11. The predicted molar refractivity (Wildman–Crippen MR) is 59.9 cm³/mol. The molecule has 2 atom stereocenters. The molecular formula is C13H16O3. The highest BCUT2D eigenvalue weighted by molar-refractivity contribution is 5.84. The molecule has 1 aliphatic rings. The topological polar surface area (TPSA) is 38.8 Å². The van der Waals surface area contributed by atoms with Crippen molar-refractivity contribution in [3.63, 3.8) is 0 Å². The van der Waals surface area contributed by atoms with E-state index in [-0.39, 0.29) is 5.97 Å². The zero-order valence-corrected chi connectivity index (χ0v) is 9.82. The van der Waals surface area contributed by atoms with Crippen LogP contribution in [0.4, 0.5) is 0 Å². The Hall–Kier alpha value is -1.35. The molecule has 3 heteroatoms. The highest BCUT2D eigenvalue weighted by Crippen LogP contribution is 2.55. The molecule has 0 amide bonds. The lowest BCUT2D eigenvalue weighted by atomic mass is 9.89. The van der Waals surface area contributed by atoms with Crippen LogP contribution >= 0.6 is 0 Å². The third kappa shape index (κ3) is 1.43. The third-order valence-electron chi connectivity index (χ3n) is 3.27. The van der Waals surface area contributed by atoms with E-state index in [1.807, 2.05) is 37.3 Å². The second kappa shape index (κ2) is 3.59. The minimum Gasteiger partial charge on any atom is -0.464 e. The van der Waals surface area contributed by atoms with Crippen molar-refractivity contribution < 1.29 is 14.3 Å². The Morgan fingerprint density at radius 3 is 2.50 bits per heavy atom. The summed E-state index contributed by atoms with van der Waals surface area (Å²) in [6.45, 7) is 5.86. The Morgan fingerprint density at radius 1 is 1.31 bits per heavy atom. The van der Waals surface area contributed by atoms with Crippen LogP contribution in [0.5, 0.6) is 0 Å². The summed E-state index contributed by atoms with van der Waals surface area (Å²) < 4.78 is 10.6. The first kappa shape index (κ1) is 11.1. The summed E-state index contributed by atoms with van der Waals surface area (Å²) >= 11 is 0. The Bertz CT molecular complexity index is 401. The van der Waals surface area contributed by atoms with Crippen molar-refractivity contribution in [2.45, 2.75) is 32.0 Å². The molecule has 16 heavy (non-hydrogen) atoms. The van der Waals surface area contributed by atoms with Gasteiger partial charge in [-0.25, -0.2) is 4.79 Å². The molecule has 2 rings (SSSR count). The highest BCUT2D eigenvalue weighted by atomic mass is 16.7. The predicted octanol–water partition coefficient (Wildman–Crippen LogP) is 2.25. The molecule has 1 heterocycles. The van der Waals surface area contributed by atoms with E-state index in [1.54, 1.807) is 13.8 Å². The first-order valence-corrected chi connectivity index (χ1v) is 5.47. The number of carbonyl (C=O) groups is 1. The SMILES string of the molecule is CCOC(=O)[C@]1(C)O[C@@]1(C)c1ccccc1. The fourth-order valence-electron chi connectivity index (χ4n) is 1.98. The van der Waals surface area contributed by atoms with Crippen LogP contribution in [0.1, 0.15) is 26.3 Å². The van der Waals surface area contributed by atoms with Gasteiger partial charge in [-0.05, 0) is 26.3 Å². The number of epoxide rings is 1. The molecule has 0 aromatic heterocycles. The van der Waals surface area contributed by atoms with Crippen LogP contribution in [0, 0.1) is 0 Å². The number of rotatable bonds is 3. The largest absolute Gasteiger partial charge is 0.464 e. The molecule has 0 radical (unpaired) electrons. The standard InChI is InChI=1S/C13H16O3/c1-4-15-11(14)13(3)12(2,16-13)10-8-6-5-7-9-10/h5-9H,4H2,1-3H3/t12-,13-/m0/s1. The molecule has 0 aliphatic carbocycles. The van der Waals surface area contributed by atoms with E-state index in [1.165, 1.54) is 0 Å². The van der Waals surface area contributed by atoms with Gasteiger partial charge in [-0.15, -0.1) is 0 Å². The zero-order chi connectivity index (χ0) is 11.8. The zero-order valence-electron chi connectivity index (χ0n) is 9.82. The van der Waals surface area contributed by atoms with Crippen molar-refractivity contribution in [1.82, 2.24) is 0 Å². The van der Waals surface area contributed by atoms with Crippen molar-refractivity contribution >= 4 is 5.97 Å². The fourth-order valence-corrected chi connectivity index (χ4v) is 1.98. The van der Waals surface area contributed by atoms with Gasteiger partial charge in [0.2, 0.25) is 0 Å². The quantitative estimate of drug-likeness (QED) is 0.579. The molecule has 1 aromatic carbocycles. The van der Waals surface area contributed by atoms with Crippen LogP contribution < -0.4 is 0 Å². The summed E-state index contributed by atoms with van der Waals surface area (Å²) in [5, 5.41) is 0. The Balaban J connectivity index is 2.23. The molecular weight excluding hydrogens is 204 g/mol. The lowest BCUT2D eigenvalue weighted by molar-refractivity contribution is -0.148. The molecule has 86 valence electrons. The first-order chi connectivity index (χ1) is 7.54. The Morgan fingerprint density at radius 2 is 1.94 bits per heavy atom. The van der Waals surface area contributed by atoms with E-state index in [0.717, 1.165) is 5.56 Å². The van der Waals surface area contributed by atoms with Crippen molar-refractivity contribution in [1.29, 1.82) is 0 Å². The summed E-state index contributed by atoms with van der Waals surface area (Å²) in [6.07, 6.45) is 0. The van der Waals surface area contributed by atoms with E-state index in [9.17, 15) is 4.79 Å². The van der Waals surface area contributed by atoms with Gasteiger partial charge in [0.1, 0.15) is 5.60 Å². The van der Waals surface area contributed by atoms with E-state index < -0.39 is 11.2 Å². The molecule has 3 nitrogen and oxygen atoms in total. The van der Waals surface area contributed by atoms with E-state index in [0.29, 0.717) is 6.61 Å². The summed E-state index contributed by atoms with van der Waals surface area (Å²) in [6, 6.07) is 9.74. The highest BCUT2D eigenvalue weighted by Gasteiger charge is 2.70. The Labute approximate surface area is 95.4 Å². The van der Waals surface area contributed by atoms with E-state index in [2.05, 4.69) is 0 Å². The van der Waals surface area contributed by atoms with Crippen LogP contribution in [0.25, 0.3) is 0 Å². The molecule has 1 aliphatic heterocycles. The van der Waals surface area contributed by atoms with Crippen LogP contribution in [-0.4, -0.2) is 18.2 Å². The maximum atomic E-state index is 11.8.